The van der Waals surface area contributed by atoms with Crippen LogP contribution in [0.25, 0.3) is 0 Å². The summed E-state index contributed by atoms with van der Waals surface area (Å²) in [4.78, 5) is 16.3. The summed E-state index contributed by atoms with van der Waals surface area (Å²) in [6.07, 6.45) is 3.38. The first-order valence-corrected chi connectivity index (χ1v) is 7.03. The average Bonchev–Trinajstić information content (AvgIpc) is 2.55. The number of hydrogen-bond donors (Lipinski definition) is 0. The number of carbonyl (C=O) groups is 1. The lowest BCUT2D eigenvalue weighted by Gasteiger charge is -2.40. The smallest absolute Gasteiger partial charge is 0.236 e. The first kappa shape index (κ1) is 12.4. The van der Waals surface area contributed by atoms with Crippen molar-refractivity contribution >= 4 is 21.8 Å². The quantitative estimate of drug-likeness (QED) is 0.723. The van der Waals surface area contributed by atoms with Gasteiger partial charge in [0.25, 0.3) is 0 Å². The molecule has 0 saturated carbocycles. The standard InChI is InChI=1S/C12H21BrN2O/c1-12(4-7-14(2)8-5-12)9-15-6-3-10(13)11(15)16/h10H,3-9H2,1-2H3. The van der Waals surface area contributed by atoms with E-state index in [2.05, 4.69) is 34.8 Å². The lowest BCUT2D eigenvalue weighted by molar-refractivity contribution is -0.128. The maximum Gasteiger partial charge on any atom is 0.236 e. The summed E-state index contributed by atoms with van der Waals surface area (Å²) in [7, 11) is 2.18. The van der Waals surface area contributed by atoms with Crippen LogP contribution in [-0.2, 0) is 4.79 Å². The van der Waals surface area contributed by atoms with Crippen molar-refractivity contribution < 1.29 is 4.79 Å². The van der Waals surface area contributed by atoms with Gasteiger partial charge in [-0.05, 0) is 44.8 Å². The van der Waals surface area contributed by atoms with Crippen molar-refractivity contribution in [2.45, 2.75) is 31.0 Å². The number of piperidine rings is 1. The second-order valence-corrected chi connectivity index (χ2v) is 6.74. The predicted molar refractivity (Wildman–Crippen MR) is 68.8 cm³/mol. The molecule has 2 fully saturated rings. The number of alkyl halides is 1. The molecule has 0 aromatic heterocycles. The molecule has 4 heteroatoms. The Balaban J connectivity index is 1.91. The van der Waals surface area contributed by atoms with Crippen LogP contribution in [0.1, 0.15) is 26.2 Å². The highest BCUT2D eigenvalue weighted by Gasteiger charge is 2.36. The van der Waals surface area contributed by atoms with Gasteiger partial charge in [-0.25, -0.2) is 0 Å². The van der Waals surface area contributed by atoms with Gasteiger partial charge < -0.3 is 9.80 Å². The second kappa shape index (κ2) is 4.65. The summed E-state index contributed by atoms with van der Waals surface area (Å²) in [6, 6.07) is 0. The highest BCUT2D eigenvalue weighted by molar-refractivity contribution is 9.10. The van der Waals surface area contributed by atoms with Crippen LogP contribution in [0, 0.1) is 5.41 Å². The fourth-order valence-corrected chi connectivity index (χ4v) is 3.13. The Bertz CT molecular complexity index is 274. The third-order valence-electron chi connectivity index (χ3n) is 4.00. The van der Waals surface area contributed by atoms with Gasteiger partial charge in [0.1, 0.15) is 0 Å². The molecule has 0 N–H and O–H groups in total. The minimum Gasteiger partial charge on any atom is -0.341 e. The van der Waals surface area contributed by atoms with Crippen LogP contribution in [0.3, 0.4) is 0 Å². The summed E-state index contributed by atoms with van der Waals surface area (Å²) in [5.41, 5.74) is 0.333. The fourth-order valence-electron chi connectivity index (χ4n) is 2.64. The highest BCUT2D eigenvalue weighted by atomic mass is 79.9. The van der Waals surface area contributed by atoms with Crippen molar-refractivity contribution in [3.05, 3.63) is 0 Å². The number of rotatable bonds is 2. The van der Waals surface area contributed by atoms with Crippen LogP contribution >= 0.6 is 15.9 Å². The molecule has 0 bridgehead atoms. The van der Waals surface area contributed by atoms with Crippen LogP contribution in [0.15, 0.2) is 0 Å². The molecule has 92 valence electrons. The maximum atomic E-state index is 11.9. The molecule has 0 aromatic carbocycles. The molecule has 1 amide bonds. The lowest BCUT2D eigenvalue weighted by atomic mass is 9.80. The number of halogens is 1. The molecule has 2 aliphatic heterocycles. The Hall–Kier alpha value is -0.0900. The van der Waals surface area contributed by atoms with E-state index >= 15 is 0 Å². The number of carbonyl (C=O) groups excluding carboxylic acids is 1. The summed E-state index contributed by atoms with van der Waals surface area (Å²) in [5.74, 6) is 0.292. The summed E-state index contributed by atoms with van der Waals surface area (Å²) >= 11 is 3.44. The zero-order valence-electron chi connectivity index (χ0n) is 10.2. The van der Waals surface area contributed by atoms with E-state index in [-0.39, 0.29) is 4.83 Å². The number of likely N-dealkylation sites (tertiary alicyclic amines) is 2. The van der Waals surface area contributed by atoms with Crippen molar-refractivity contribution in [1.82, 2.24) is 9.80 Å². The van der Waals surface area contributed by atoms with Crippen molar-refractivity contribution in [2.24, 2.45) is 5.41 Å². The van der Waals surface area contributed by atoms with Gasteiger partial charge in [0.2, 0.25) is 5.91 Å². The van der Waals surface area contributed by atoms with E-state index in [1.54, 1.807) is 0 Å². The summed E-state index contributed by atoms with van der Waals surface area (Å²) < 4.78 is 0. The molecule has 2 saturated heterocycles. The molecule has 1 atom stereocenters. The normalized spacial score (nSPS) is 31.1. The monoisotopic (exact) mass is 288 g/mol. The van der Waals surface area contributed by atoms with Crippen molar-refractivity contribution in [3.63, 3.8) is 0 Å². The Labute approximate surface area is 106 Å². The van der Waals surface area contributed by atoms with E-state index in [0.29, 0.717) is 11.3 Å². The topological polar surface area (TPSA) is 23.6 Å². The molecule has 16 heavy (non-hydrogen) atoms. The van der Waals surface area contributed by atoms with Gasteiger partial charge in [-0.2, -0.15) is 0 Å². The van der Waals surface area contributed by atoms with Gasteiger partial charge in [-0.15, -0.1) is 0 Å². The SMILES string of the molecule is CN1CCC(C)(CN2CCC(Br)C2=O)CC1. The largest absolute Gasteiger partial charge is 0.341 e. The van der Waals surface area contributed by atoms with E-state index in [1.807, 2.05) is 4.90 Å². The average molecular weight is 289 g/mol. The van der Waals surface area contributed by atoms with Crippen LogP contribution < -0.4 is 0 Å². The van der Waals surface area contributed by atoms with Gasteiger partial charge >= 0.3 is 0 Å². The predicted octanol–water partition coefficient (Wildman–Crippen LogP) is 1.71. The zero-order valence-corrected chi connectivity index (χ0v) is 11.8. The maximum absolute atomic E-state index is 11.9. The third-order valence-corrected chi connectivity index (χ3v) is 4.85. The van der Waals surface area contributed by atoms with Crippen LogP contribution in [0.2, 0.25) is 0 Å². The van der Waals surface area contributed by atoms with Gasteiger partial charge in [-0.1, -0.05) is 22.9 Å². The van der Waals surface area contributed by atoms with Crippen LogP contribution in [0.4, 0.5) is 0 Å². The first-order valence-electron chi connectivity index (χ1n) is 6.12. The molecular weight excluding hydrogens is 268 g/mol. The third kappa shape index (κ3) is 2.59. The second-order valence-electron chi connectivity index (χ2n) is 5.63. The number of nitrogens with zero attached hydrogens (tertiary/aromatic N) is 2. The van der Waals surface area contributed by atoms with Crippen molar-refractivity contribution in [2.75, 3.05) is 33.2 Å². The Morgan fingerprint density at radius 2 is 2.00 bits per heavy atom. The Morgan fingerprint density at radius 3 is 2.50 bits per heavy atom. The van der Waals surface area contributed by atoms with Gasteiger partial charge in [0.05, 0.1) is 4.83 Å². The molecular formula is C12H21BrN2O. The molecule has 0 aliphatic carbocycles. The molecule has 0 aromatic rings. The van der Waals surface area contributed by atoms with Crippen LogP contribution in [0.5, 0.6) is 0 Å². The zero-order chi connectivity index (χ0) is 11.8. The van der Waals surface area contributed by atoms with E-state index in [0.717, 1.165) is 32.6 Å². The molecule has 3 nitrogen and oxygen atoms in total. The van der Waals surface area contributed by atoms with Crippen molar-refractivity contribution in [1.29, 1.82) is 0 Å². The molecule has 0 spiro atoms. The molecule has 0 radical (unpaired) electrons. The van der Waals surface area contributed by atoms with Gasteiger partial charge in [0.15, 0.2) is 0 Å². The number of amides is 1. The molecule has 1 unspecified atom stereocenters. The summed E-state index contributed by atoms with van der Waals surface area (Å²) in [5, 5.41) is 0. The molecule has 2 heterocycles. The van der Waals surface area contributed by atoms with E-state index in [9.17, 15) is 4.79 Å². The molecule has 2 rings (SSSR count). The molecule has 2 aliphatic rings. The first-order chi connectivity index (χ1) is 7.50. The van der Waals surface area contributed by atoms with Gasteiger partial charge in [0, 0.05) is 13.1 Å². The van der Waals surface area contributed by atoms with Crippen LogP contribution in [-0.4, -0.2) is 53.8 Å². The Kier molecular flexibility index (Phi) is 3.59. The number of hydrogen-bond acceptors (Lipinski definition) is 2. The van der Waals surface area contributed by atoms with E-state index < -0.39 is 0 Å². The van der Waals surface area contributed by atoms with E-state index in [4.69, 9.17) is 0 Å². The van der Waals surface area contributed by atoms with Gasteiger partial charge in [-0.3, -0.25) is 4.79 Å². The van der Waals surface area contributed by atoms with E-state index in [1.165, 1.54) is 12.8 Å². The lowest BCUT2D eigenvalue weighted by Crippen LogP contribution is -2.44. The minimum atomic E-state index is 0.0716. The fraction of sp³-hybridized carbons (Fsp3) is 0.917. The Morgan fingerprint density at radius 1 is 1.38 bits per heavy atom. The minimum absolute atomic E-state index is 0.0716. The summed E-state index contributed by atoms with van der Waals surface area (Å²) in [6.45, 7) is 6.53. The van der Waals surface area contributed by atoms with Crippen molar-refractivity contribution in [3.8, 4) is 0 Å². The highest BCUT2D eigenvalue weighted by Crippen LogP contribution is 2.33.